The van der Waals surface area contributed by atoms with Gasteiger partial charge in [-0.25, -0.2) is 0 Å². The summed E-state index contributed by atoms with van der Waals surface area (Å²) in [5.74, 6) is 0.609. The molecule has 1 saturated heterocycles. The molecule has 1 aliphatic rings. The van der Waals surface area contributed by atoms with Crippen LogP contribution in [0.5, 0.6) is 0 Å². The van der Waals surface area contributed by atoms with E-state index in [4.69, 9.17) is 4.74 Å². The van der Waals surface area contributed by atoms with Gasteiger partial charge in [0.15, 0.2) is 0 Å². The molecule has 0 aliphatic carbocycles. The molecule has 0 spiro atoms. The van der Waals surface area contributed by atoms with Gasteiger partial charge in [-0.3, -0.25) is 0 Å². The van der Waals surface area contributed by atoms with E-state index in [0.717, 1.165) is 38.0 Å². The fourth-order valence-corrected chi connectivity index (χ4v) is 2.77. The molecule has 1 fully saturated rings. The molecule has 0 saturated carbocycles. The van der Waals surface area contributed by atoms with Crippen LogP contribution in [0, 0.1) is 19.8 Å². The second kappa shape index (κ2) is 5.65. The van der Waals surface area contributed by atoms with Crippen LogP contribution in [0.1, 0.15) is 42.1 Å². The predicted octanol–water partition coefficient (Wildman–Crippen LogP) is 3.15. The quantitative estimate of drug-likeness (QED) is 0.870. The Labute approximate surface area is 104 Å². The molecule has 2 heteroatoms. The van der Waals surface area contributed by atoms with Gasteiger partial charge in [0.1, 0.15) is 0 Å². The molecule has 2 rings (SSSR count). The lowest BCUT2D eigenvalue weighted by Gasteiger charge is -2.25. The van der Waals surface area contributed by atoms with Crippen molar-refractivity contribution >= 4 is 0 Å². The summed E-state index contributed by atoms with van der Waals surface area (Å²) in [6.07, 6.45) is 2.72. The second-order valence-electron chi connectivity index (χ2n) is 5.11. The Morgan fingerprint density at radius 1 is 1.24 bits per heavy atom. The SMILES string of the molecule is Cc1cccc(C)c1C(O)CC1CCOCC1. The van der Waals surface area contributed by atoms with Crippen LogP contribution >= 0.6 is 0 Å². The number of ether oxygens (including phenoxy) is 1. The molecular formula is C15H22O2. The number of rotatable bonds is 3. The molecule has 1 N–H and O–H groups in total. The largest absolute Gasteiger partial charge is 0.388 e. The summed E-state index contributed by atoms with van der Waals surface area (Å²) in [6.45, 7) is 5.86. The van der Waals surface area contributed by atoms with E-state index in [-0.39, 0.29) is 6.10 Å². The summed E-state index contributed by atoms with van der Waals surface area (Å²) in [5, 5.41) is 10.4. The van der Waals surface area contributed by atoms with Crippen molar-refractivity contribution in [2.45, 2.75) is 39.2 Å². The van der Waals surface area contributed by atoms with Crippen molar-refractivity contribution in [3.63, 3.8) is 0 Å². The maximum Gasteiger partial charge on any atom is 0.0797 e. The molecule has 0 radical (unpaired) electrons. The number of aliphatic hydroxyl groups excluding tert-OH is 1. The summed E-state index contributed by atoms with van der Waals surface area (Å²) < 4.78 is 5.35. The summed E-state index contributed by atoms with van der Waals surface area (Å²) in [7, 11) is 0. The van der Waals surface area contributed by atoms with Crippen molar-refractivity contribution < 1.29 is 9.84 Å². The smallest absolute Gasteiger partial charge is 0.0797 e. The number of aliphatic hydroxyl groups is 1. The van der Waals surface area contributed by atoms with Gasteiger partial charge in [0, 0.05) is 13.2 Å². The Morgan fingerprint density at radius 2 is 1.82 bits per heavy atom. The molecule has 1 aromatic carbocycles. The molecule has 94 valence electrons. The third-order valence-corrected chi connectivity index (χ3v) is 3.77. The van der Waals surface area contributed by atoms with Crippen molar-refractivity contribution in [3.05, 3.63) is 34.9 Å². The Morgan fingerprint density at radius 3 is 2.41 bits per heavy atom. The summed E-state index contributed by atoms with van der Waals surface area (Å²) >= 11 is 0. The Bertz CT molecular complexity index is 347. The third kappa shape index (κ3) is 3.08. The monoisotopic (exact) mass is 234 g/mol. The molecule has 1 heterocycles. The van der Waals surface area contributed by atoms with Crippen LogP contribution in [0.3, 0.4) is 0 Å². The molecule has 0 bridgehead atoms. The molecule has 1 aromatic rings. The average molecular weight is 234 g/mol. The van der Waals surface area contributed by atoms with E-state index < -0.39 is 0 Å². The van der Waals surface area contributed by atoms with E-state index in [1.165, 1.54) is 11.1 Å². The zero-order valence-electron chi connectivity index (χ0n) is 10.8. The minimum Gasteiger partial charge on any atom is -0.388 e. The number of aryl methyl sites for hydroxylation is 2. The Kier molecular flexibility index (Phi) is 4.19. The van der Waals surface area contributed by atoms with E-state index in [1.807, 2.05) is 0 Å². The summed E-state index contributed by atoms with van der Waals surface area (Å²) in [4.78, 5) is 0. The van der Waals surface area contributed by atoms with Gasteiger partial charge in [-0.1, -0.05) is 18.2 Å². The second-order valence-corrected chi connectivity index (χ2v) is 5.11. The van der Waals surface area contributed by atoms with Gasteiger partial charge in [-0.2, -0.15) is 0 Å². The van der Waals surface area contributed by atoms with Crippen LogP contribution in [-0.4, -0.2) is 18.3 Å². The van der Waals surface area contributed by atoms with Crippen molar-refractivity contribution in [3.8, 4) is 0 Å². The van der Waals surface area contributed by atoms with Gasteiger partial charge in [0.25, 0.3) is 0 Å². The first-order valence-corrected chi connectivity index (χ1v) is 6.50. The van der Waals surface area contributed by atoms with Gasteiger partial charge in [-0.05, 0) is 55.7 Å². The topological polar surface area (TPSA) is 29.5 Å². The van der Waals surface area contributed by atoms with Gasteiger partial charge in [-0.15, -0.1) is 0 Å². The Balaban J connectivity index is 2.05. The zero-order chi connectivity index (χ0) is 12.3. The van der Waals surface area contributed by atoms with Gasteiger partial charge in [0.2, 0.25) is 0 Å². The minimum absolute atomic E-state index is 0.320. The van der Waals surface area contributed by atoms with Gasteiger partial charge in [0.05, 0.1) is 6.10 Å². The number of benzene rings is 1. The van der Waals surface area contributed by atoms with Crippen molar-refractivity contribution in [2.75, 3.05) is 13.2 Å². The lowest BCUT2D eigenvalue weighted by molar-refractivity contribution is 0.0433. The van der Waals surface area contributed by atoms with E-state index in [2.05, 4.69) is 32.0 Å². The third-order valence-electron chi connectivity index (χ3n) is 3.77. The highest BCUT2D eigenvalue weighted by Crippen LogP contribution is 2.30. The lowest BCUT2D eigenvalue weighted by atomic mass is 9.88. The highest BCUT2D eigenvalue weighted by atomic mass is 16.5. The molecule has 17 heavy (non-hydrogen) atoms. The van der Waals surface area contributed by atoms with Crippen molar-refractivity contribution in [2.24, 2.45) is 5.92 Å². The molecule has 1 atom stereocenters. The van der Waals surface area contributed by atoms with Crippen molar-refractivity contribution in [1.82, 2.24) is 0 Å². The fraction of sp³-hybridized carbons (Fsp3) is 0.600. The zero-order valence-corrected chi connectivity index (χ0v) is 10.8. The minimum atomic E-state index is -0.320. The highest BCUT2D eigenvalue weighted by molar-refractivity contribution is 5.35. The number of hydrogen-bond donors (Lipinski definition) is 1. The van der Waals surface area contributed by atoms with Crippen LogP contribution in [0.2, 0.25) is 0 Å². The summed E-state index contributed by atoms with van der Waals surface area (Å²) in [5.41, 5.74) is 3.52. The van der Waals surface area contributed by atoms with Crippen LogP contribution in [0.15, 0.2) is 18.2 Å². The molecule has 0 amide bonds. The van der Waals surface area contributed by atoms with Crippen LogP contribution in [0.4, 0.5) is 0 Å². The molecular weight excluding hydrogens is 212 g/mol. The van der Waals surface area contributed by atoms with Crippen LogP contribution < -0.4 is 0 Å². The maximum atomic E-state index is 10.4. The number of hydrogen-bond acceptors (Lipinski definition) is 2. The fourth-order valence-electron chi connectivity index (χ4n) is 2.77. The maximum absolute atomic E-state index is 10.4. The van der Waals surface area contributed by atoms with E-state index in [9.17, 15) is 5.11 Å². The molecule has 2 nitrogen and oxygen atoms in total. The molecule has 1 aliphatic heterocycles. The first-order chi connectivity index (χ1) is 8.18. The average Bonchev–Trinajstić information content (AvgIpc) is 2.30. The van der Waals surface area contributed by atoms with Gasteiger partial charge < -0.3 is 9.84 Å². The van der Waals surface area contributed by atoms with Crippen LogP contribution in [0.25, 0.3) is 0 Å². The summed E-state index contributed by atoms with van der Waals surface area (Å²) in [6, 6.07) is 6.21. The molecule has 1 unspecified atom stereocenters. The van der Waals surface area contributed by atoms with E-state index >= 15 is 0 Å². The van der Waals surface area contributed by atoms with E-state index in [0.29, 0.717) is 5.92 Å². The first kappa shape index (κ1) is 12.6. The van der Waals surface area contributed by atoms with Gasteiger partial charge >= 0.3 is 0 Å². The standard InChI is InChI=1S/C15H22O2/c1-11-4-3-5-12(2)15(11)14(16)10-13-6-8-17-9-7-13/h3-5,13-14,16H,6-10H2,1-2H3. The lowest BCUT2D eigenvalue weighted by Crippen LogP contribution is -2.18. The van der Waals surface area contributed by atoms with E-state index in [1.54, 1.807) is 0 Å². The Hall–Kier alpha value is -0.860. The normalized spacial score (nSPS) is 19.2. The first-order valence-electron chi connectivity index (χ1n) is 6.50. The predicted molar refractivity (Wildman–Crippen MR) is 69.0 cm³/mol. The van der Waals surface area contributed by atoms with Crippen LogP contribution in [-0.2, 0) is 4.74 Å². The molecule has 0 aromatic heterocycles. The highest BCUT2D eigenvalue weighted by Gasteiger charge is 2.20. The van der Waals surface area contributed by atoms with Crippen molar-refractivity contribution in [1.29, 1.82) is 0 Å².